The van der Waals surface area contributed by atoms with Gasteiger partial charge in [0.1, 0.15) is 6.04 Å². The van der Waals surface area contributed by atoms with Crippen molar-refractivity contribution in [1.82, 2.24) is 20.8 Å². The van der Waals surface area contributed by atoms with Crippen molar-refractivity contribution in [3.8, 4) is 0 Å². The second kappa shape index (κ2) is 7.13. The van der Waals surface area contributed by atoms with Crippen molar-refractivity contribution in [2.24, 2.45) is 0 Å². The smallest absolute Gasteiger partial charge is 0.246 e. The third-order valence-electron chi connectivity index (χ3n) is 4.65. The molecule has 132 valence electrons. The number of amides is 2. The molecule has 8 heteroatoms. The summed E-state index contributed by atoms with van der Waals surface area (Å²) < 4.78 is 4.75. The first-order valence-electron chi connectivity index (χ1n) is 8.51. The van der Waals surface area contributed by atoms with Crippen LogP contribution in [0.15, 0.2) is 4.52 Å². The molecule has 1 aliphatic carbocycles. The SMILES string of the molecule is CC1(C)SC[C@@H](C(=O)NCc2nc(C3CCCCC3)no2)NC1=O. The Bertz CT molecular complexity index is 610. The van der Waals surface area contributed by atoms with Gasteiger partial charge in [0, 0.05) is 11.7 Å². The number of aromatic nitrogens is 2. The summed E-state index contributed by atoms with van der Waals surface area (Å²) in [7, 11) is 0. The molecule has 0 bridgehead atoms. The first kappa shape index (κ1) is 17.3. The summed E-state index contributed by atoms with van der Waals surface area (Å²) in [6.07, 6.45) is 5.90. The van der Waals surface area contributed by atoms with E-state index in [-0.39, 0.29) is 18.4 Å². The number of thioether (sulfide) groups is 1. The van der Waals surface area contributed by atoms with Crippen LogP contribution in [-0.2, 0) is 16.1 Å². The third-order valence-corrected chi connectivity index (χ3v) is 6.05. The van der Waals surface area contributed by atoms with Gasteiger partial charge in [-0.1, -0.05) is 24.4 Å². The molecule has 1 aromatic rings. The molecule has 1 saturated carbocycles. The van der Waals surface area contributed by atoms with Gasteiger partial charge in [0.2, 0.25) is 17.7 Å². The molecule has 2 N–H and O–H groups in total. The Hall–Kier alpha value is -1.57. The highest BCUT2D eigenvalue weighted by molar-refractivity contribution is 8.01. The standard InChI is InChI=1S/C16H24N4O3S/c1-16(2)15(22)18-11(9-24-16)14(21)17-8-12-19-13(20-23-12)10-6-4-3-5-7-10/h10-11H,3-9H2,1-2H3,(H,17,21)(H,18,22)/t11-/m0/s1. The molecule has 7 nitrogen and oxygen atoms in total. The van der Waals surface area contributed by atoms with Crippen molar-refractivity contribution < 1.29 is 14.1 Å². The van der Waals surface area contributed by atoms with E-state index in [1.807, 2.05) is 13.8 Å². The summed E-state index contributed by atoms with van der Waals surface area (Å²) >= 11 is 1.49. The van der Waals surface area contributed by atoms with Gasteiger partial charge in [-0.3, -0.25) is 9.59 Å². The number of nitrogens with one attached hydrogen (secondary N) is 2. The van der Waals surface area contributed by atoms with Crippen molar-refractivity contribution in [2.75, 3.05) is 5.75 Å². The van der Waals surface area contributed by atoms with Gasteiger partial charge in [0.25, 0.3) is 0 Å². The quantitative estimate of drug-likeness (QED) is 0.857. The topological polar surface area (TPSA) is 97.1 Å². The molecule has 0 unspecified atom stereocenters. The fraction of sp³-hybridized carbons (Fsp3) is 0.750. The van der Waals surface area contributed by atoms with E-state index >= 15 is 0 Å². The second-order valence-corrected chi connectivity index (χ2v) is 8.59. The molecule has 1 atom stereocenters. The summed E-state index contributed by atoms with van der Waals surface area (Å²) in [5, 5.41) is 9.58. The molecule has 2 heterocycles. The van der Waals surface area contributed by atoms with Gasteiger partial charge in [-0.25, -0.2) is 0 Å². The summed E-state index contributed by atoms with van der Waals surface area (Å²) in [6.45, 7) is 3.90. The normalized spacial score (nSPS) is 24.4. The lowest BCUT2D eigenvalue weighted by Crippen LogP contribution is -2.57. The number of carbonyl (C=O) groups is 2. The summed E-state index contributed by atoms with van der Waals surface area (Å²) in [5.41, 5.74) is 0. The summed E-state index contributed by atoms with van der Waals surface area (Å²) in [6, 6.07) is -0.517. The van der Waals surface area contributed by atoms with Crippen LogP contribution in [0, 0.1) is 0 Å². The van der Waals surface area contributed by atoms with Crippen LogP contribution < -0.4 is 10.6 Å². The average molecular weight is 352 g/mol. The molecular formula is C16H24N4O3S. The van der Waals surface area contributed by atoms with E-state index in [2.05, 4.69) is 20.8 Å². The monoisotopic (exact) mass is 352 g/mol. The van der Waals surface area contributed by atoms with Crippen LogP contribution in [0.5, 0.6) is 0 Å². The van der Waals surface area contributed by atoms with Gasteiger partial charge >= 0.3 is 0 Å². The zero-order chi connectivity index (χ0) is 17.2. The lowest BCUT2D eigenvalue weighted by atomic mass is 9.89. The van der Waals surface area contributed by atoms with Crippen molar-refractivity contribution in [3.05, 3.63) is 11.7 Å². The Morgan fingerprint density at radius 1 is 1.38 bits per heavy atom. The second-order valence-electron chi connectivity index (χ2n) is 6.95. The van der Waals surface area contributed by atoms with E-state index in [1.54, 1.807) is 0 Å². The van der Waals surface area contributed by atoms with Crippen LogP contribution >= 0.6 is 11.8 Å². The maximum atomic E-state index is 12.2. The van der Waals surface area contributed by atoms with Crippen molar-refractivity contribution in [2.45, 2.75) is 69.2 Å². The minimum absolute atomic E-state index is 0.115. The van der Waals surface area contributed by atoms with Crippen LogP contribution in [0.4, 0.5) is 0 Å². The minimum Gasteiger partial charge on any atom is -0.345 e. The Labute approximate surface area is 145 Å². The Kier molecular flexibility index (Phi) is 5.12. The van der Waals surface area contributed by atoms with Crippen LogP contribution in [0.25, 0.3) is 0 Å². The highest BCUT2D eigenvalue weighted by Crippen LogP contribution is 2.31. The molecule has 0 spiro atoms. The van der Waals surface area contributed by atoms with Crippen LogP contribution in [0.2, 0.25) is 0 Å². The maximum absolute atomic E-state index is 12.2. The molecule has 2 fully saturated rings. The van der Waals surface area contributed by atoms with E-state index in [4.69, 9.17) is 4.52 Å². The Morgan fingerprint density at radius 2 is 2.12 bits per heavy atom. The van der Waals surface area contributed by atoms with Crippen LogP contribution in [0.1, 0.15) is 63.6 Å². The maximum Gasteiger partial charge on any atom is 0.246 e. The molecule has 2 amide bonds. The lowest BCUT2D eigenvalue weighted by Gasteiger charge is -2.32. The van der Waals surface area contributed by atoms with Crippen molar-refractivity contribution >= 4 is 23.6 Å². The summed E-state index contributed by atoms with van der Waals surface area (Å²) in [5.74, 6) is 1.77. The van der Waals surface area contributed by atoms with E-state index in [0.717, 1.165) is 18.7 Å². The molecule has 2 aliphatic rings. The first-order chi connectivity index (χ1) is 11.5. The molecule has 1 aliphatic heterocycles. The van der Waals surface area contributed by atoms with E-state index in [1.165, 1.54) is 31.0 Å². The average Bonchev–Trinajstić information content (AvgIpc) is 3.05. The number of rotatable bonds is 4. The lowest BCUT2D eigenvalue weighted by molar-refractivity contribution is -0.129. The van der Waals surface area contributed by atoms with E-state index in [0.29, 0.717) is 17.6 Å². The molecule has 24 heavy (non-hydrogen) atoms. The first-order valence-corrected chi connectivity index (χ1v) is 9.49. The zero-order valence-corrected chi connectivity index (χ0v) is 14.9. The van der Waals surface area contributed by atoms with Crippen LogP contribution in [0.3, 0.4) is 0 Å². The molecule has 3 rings (SSSR count). The molecule has 1 saturated heterocycles. The Balaban J connectivity index is 1.50. The van der Waals surface area contributed by atoms with Gasteiger partial charge in [0.05, 0.1) is 11.3 Å². The summed E-state index contributed by atoms with van der Waals surface area (Å²) in [4.78, 5) is 28.5. The third kappa shape index (κ3) is 3.91. The van der Waals surface area contributed by atoms with Gasteiger partial charge in [-0.05, 0) is 26.7 Å². The molecule has 0 aromatic carbocycles. The van der Waals surface area contributed by atoms with E-state index < -0.39 is 10.8 Å². The zero-order valence-electron chi connectivity index (χ0n) is 14.1. The number of hydrogen-bond donors (Lipinski definition) is 2. The predicted molar refractivity (Wildman–Crippen MR) is 90.4 cm³/mol. The highest BCUT2D eigenvalue weighted by atomic mass is 32.2. The van der Waals surface area contributed by atoms with E-state index in [9.17, 15) is 9.59 Å². The van der Waals surface area contributed by atoms with Crippen molar-refractivity contribution in [1.29, 1.82) is 0 Å². The predicted octanol–water partition coefficient (Wildman–Crippen LogP) is 1.74. The van der Waals surface area contributed by atoms with Crippen LogP contribution in [-0.4, -0.2) is 38.5 Å². The number of carbonyl (C=O) groups excluding carboxylic acids is 2. The van der Waals surface area contributed by atoms with Crippen molar-refractivity contribution in [3.63, 3.8) is 0 Å². The van der Waals surface area contributed by atoms with Gasteiger partial charge in [-0.2, -0.15) is 4.98 Å². The fourth-order valence-corrected chi connectivity index (χ4v) is 4.03. The Morgan fingerprint density at radius 3 is 2.83 bits per heavy atom. The van der Waals surface area contributed by atoms with Gasteiger partial charge in [-0.15, -0.1) is 11.8 Å². The highest BCUT2D eigenvalue weighted by Gasteiger charge is 2.37. The largest absolute Gasteiger partial charge is 0.345 e. The molecular weight excluding hydrogens is 328 g/mol. The van der Waals surface area contributed by atoms with Gasteiger partial charge in [0.15, 0.2) is 5.82 Å². The van der Waals surface area contributed by atoms with Gasteiger partial charge < -0.3 is 15.2 Å². The minimum atomic E-state index is -0.517. The number of nitrogens with zero attached hydrogens (tertiary/aromatic N) is 2. The fourth-order valence-electron chi connectivity index (χ4n) is 3.02. The number of hydrogen-bond acceptors (Lipinski definition) is 6. The molecule has 1 aromatic heterocycles. The molecule has 0 radical (unpaired) electrons.